The molecule has 0 aromatic carbocycles. The molecule has 0 atom stereocenters. The highest BCUT2D eigenvalue weighted by Crippen LogP contribution is 2.25. The van der Waals surface area contributed by atoms with E-state index in [0.717, 1.165) is 16.4 Å². The predicted molar refractivity (Wildman–Crippen MR) is 75.7 cm³/mol. The van der Waals surface area contributed by atoms with Gasteiger partial charge in [-0.05, 0) is 12.1 Å². The van der Waals surface area contributed by atoms with E-state index in [1.807, 2.05) is 23.6 Å². The lowest BCUT2D eigenvalue weighted by atomic mass is 10.4. The lowest BCUT2D eigenvalue weighted by Gasteiger charge is -1.93. The smallest absolute Gasteiger partial charge is 0.216 e. The van der Waals surface area contributed by atoms with Crippen LogP contribution in [-0.4, -0.2) is 25.1 Å². The summed E-state index contributed by atoms with van der Waals surface area (Å²) in [6, 6.07) is 5.79. The molecule has 3 heterocycles. The molecule has 0 aliphatic carbocycles. The lowest BCUT2D eigenvalue weighted by Crippen LogP contribution is -1.86. The van der Waals surface area contributed by atoms with Gasteiger partial charge in [0.15, 0.2) is 0 Å². The molecule has 3 N–H and O–H groups in total. The molecule has 96 valence electrons. The zero-order valence-electron chi connectivity index (χ0n) is 9.78. The first-order valence-corrected chi connectivity index (χ1v) is 7.34. The van der Waals surface area contributed by atoms with Crippen molar-refractivity contribution in [2.75, 3.05) is 5.73 Å². The number of H-pyrrole nitrogens is 1. The summed E-state index contributed by atoms with van der Waals surface area (Å²) in [6.45, 7) is 0. The number of nitrogens with two attached hydrogens (primary N) is 1. The first-order chi connectivity index (χ1) is 9.31. The van der Waals surface area contributed by atoms with Gasteiger partial charge in [0.2, 0.25) is 11.1 Å². The Morgan fingerprint density at radius 1 is 1.32 bits per heavy atom. The molecule has 3 rings (SSSR count). The number of hydrogen-bond acceptors (Lipinski definition) is 7. The molecule has 0 aliphatic rings. The fourth-order valence-corrected chi connectivity index (χ4v) is 3.04. The molecular formula is C11H10N6S2. The maximum atomic E-state index is 5.46. The van der Waals surface area contributed by atoms with Crippen LogP contribution in [0.15, 0.2) is 34.9 Å². The molecule has 0 saturated heterocycles. The molecule has 8 heteroatoms. The van der Waals surface area contributed by atoms with Crippen LogP contribution < -0.4 is 5.73 Å². The second-order valence-electron chi connectivity index (χ2n) is 3.65. The summed E-state index contributed by atoms with van der Waals surface area (Å²) in [5, 5.41) is 10.1. The van der Waals surface area contributed by atoms with Crippen molar-refractivity contribution in [3.8, 4) is 10.7 Å². The topological polar surface area (TPSA) is 93.4 Å². The van der Waals surface area contributed by atoms with Gasteiger partial charge in [-0.1, -0.05) is 17.8 Å². The number of thiazole rings is 1. The molecule has 0 radical (unpaired) electrons. The average Bonchev–Trinajstić information content (AvgIpc) is 3.06. The summed E-state index contributed by atoms with van der Waals surface area (Å²) in [5.74, 6) is 1.04. The van der Waals surface area contributed by atoms with Gasteiger partial charge < -0.3 is 5.73 Å². The molecule has 3 aromatic heterocycles. The van der Waals surface area contributed by atoms with Gasteiger partial charge in [-0.25, -0.2) is 10.1 Å². The van der Waals surface area contributed by atoms with Crippen LogP contribution in [0.25, 0.3) is 10.7 Å². The van der Waals surface area contributed by atoms with E-state index in [2.05, 4.69) is 25.1 Å². The Hall–Kier alpha value is -1.93. The van der Waals surface area contributed by atoms with Crippen molar-refractivity contribution >= 4 is 29.0 Å². The summed E-state index contributed by atoms with van der Waals surface area (Å²) >= 11 is 3.08. The van der Waals surface area contributed by atoms with Crippen LogP contribution in [0.2, 0.25) is 0 Å². The Kier molecular flexibility index (Phi) is 3.43. The fourth-order valence-electron chi connectivity index (χ4n) is 1.44. The Bertz CT molecular complexity index is 663. The minimum absolute atomic E-state index is 0.329. The standard InChI is InChI=1S/C11H10N6S2/c12-10-15-11(17-16-10)19-6-7-5-18-9(14-7)8-3-1-2-4-13-8/h1-5H,6H2,(H3,12,15,16,17). The van der Waals surface area contributed by atoms with Gasteiger partial charge in [0.1, 0.15) is 5.01 Å². The number of aromatic nitrogens is 5. The maximum Gasteiger partial charge on any atom is 0.216 e. The zero-order chi connectivity index (χ0) is 13.1. The van der Waals surface area contributed by atoms with Gasteiger partial charge in [-0.15, -0.1) is 16.4 Å². The van der Waals surface area contributed by atoms with Crippen molar-refractivity contribution in [2.45, 2.75) is 10.9 Å². The third-order valence-electron chi connectivity index (χ3n) is 2.27. The third-order valence-corrected chi connectivity index (χ3v) is 4.06. The molecule has 0 unspecified atom stereocenters. The molecule has 0 saturated carbocycles. The number of nitrogens with one attached hydrogen (secondary N) is 1. The Morgan fingerprint density at radius 2 is 2.26 bits per heavy atom. The fraction of sp³-hybridized carbons (Fsp3) is 0.0909. The van der Waals surface area contributed by atoms with Crippen LogP contribution in [0.3, 0.4) is 0 Å². The van der Waals surface area contributed by atoms with Gasteiger partial charge in [0.25, 0.3) is 0 Å². The summed E-state index contributed by atoms with van der Waals surface area (Å²) in [5.41, 5.74) is 7.34. The van der Waals surface area contributed by atoms with Crippen LogP contribution in [0.5, 0.6) is 0 Å². The van der Waals surface area contributed by atoms with Crippen LogP contribution in [0.4, 0.5) is 5.95 Å². The summed E-state index contributed by atoms with van der Waals surface area (Å²) < 4.78 is 0. The summed E-state index contributed by atoms with van der Waals surface area (Å²) in [6.07, 6.45) is 1.77. The van der Waals surface area contributed by atoms with Crippen molar-refractivity contribution < 1.29 is 0 Å². The molecule has 19 heavy (non-hydrogen) atoms. The lowest BCUT2D eigenvalue weighted by molar-refractivity contribution is 0.972. The summed E-state index contributed by atoms with van der Waals surface area (Å²) in [7, 11) is 0. The number of hydrogen-bond donors (Lipinski definition) is 2. The Balaban J connectivity index is 1.68. The van der Waals surface area contributed by atoms with Crippen LogP contribution in [0.1, 0.15) is 5.69 Å². The number of thioether (sulfide) groups is 1. The minimum Gasteiger partial charge on any atom is -0.368 e. The van der Waals surface area contributed by atoms with Crippen molar-refractivity contribution in [3.63, 3.8) is 0 Å². The number of anilines is 1. The number of nitrogens with zero attached hydrogens (tertiary/aromatic N) is 4. The van der Waals surface area contributed by atoms with Crippen molar-refractivity contribution in [3.05, 3.63) is 35.5 Å². The predicted octanol–water partition coefficient (Wildman–Crippen LogP) is 2.20. The van der Waals surface area contributed by atoms with E-state index in [-0.39, 0.29) is 0 Å². The molecule has 3 aromatic rings. The highest BCUT2D eigenvalue weighted by atomic mass is 32.2. The number of aromatic amines is 1. The molecular weight excluding hydrogens is 280 g/mol. The first-order valence-electron chi connectivity index (χ1n) is 5.48. The average molecular weight is 290 g/mol. The number of rotatable bonds is 4. The van der Waals surface area contributed by atoms with Crippen LogP contribution in [0, 0.1) is 0 Å². The molecule has 0 fully saturated rings. The van der Waals surface area contributed by atoms with E-state index in [1.165, 1.54) is 11.8 Å². The van der Waals surface area contributed by atoms with Crippen molar-refractivity contribution in [1.29, 1.82) is 0 Å². The Morgan fingerprint density at radius 3 is 3.00 bits per heavy atom. The second kappa shape index (κ2) is 5.37. The monoisotopic (exact) mass is 290 g/mol. The first kappa shape index (κ1) is 12.1. The quantitative estimate of drug-likeness (QED) is 0.715. The third kappa shape index (κ3) is 2.91. The highest BCUT2D eigenvalue weighted by Gasteiger charge is 2.07. The zero-order valence-corrected chi connectivity index (χ0v) is 11.4. The number of pyridine rings is 1. The van der Waals surface area contributed by atoms with Crippen LogP contribution >= 0.6 is 23.1 Å². The van der Waals surface area contributed by atoms with E-state index in [9.17, 15) is 0 Å². The van der Waals surface area contributed by atoms with E-state index < -0.39 is 0 Å². The van der Waals surface area contributed by atoms with Gasteiger partial charge in [-0.2, -0.15) is 4.98 Å². The molecule has 0 amide bonds. The molecule has 0 spiro atoms. The van der Waals surface area contributed by atoms with Crippen molar-refractivity contribution in [2.24, 2.45) is 0 Å². The van der Waals surface area contributed by atoms with Gasteiger partial charge >= 0.3 is 0 Å². The number of nitrogen functional groups attached to an aromatic ring is 1. The maximum absolute atomic E-state index is 5.46. The van der Waals surface area contributed by atoms with Gasteiger partial charge in [-0.3, -0.25) is 4.98 Å². The van der Waals surface area contributed by atoms with Crippen LogP contribution in [-0.2, 0) is 5.75 Å². The SMILES string of the molecule is Nc1nc(SCc2csc(-c3ccccn3)n2)n[nH]1. The van der Waals surface area contributed by atoms with E-state index in [0.29, 0.717) is 16.9 Å². The largest absolute Gasteiger partial charge is 0.368 e. The highest BCUT2D eigenvalue weighted by molar-refractivity contribution is 7.98. The second-order valence-corrected chi connectivity index (χ2v) is 5.45. The minimum atomic E-state index is 0.329. The van der Waals surface area contributed by atoms with Gasteiger partial charge in [0, 0.05) is 17.3 Å². The van der Waals surface area contributed by atoms with E-state index in [1.54, 1.807) is 17.5 Å². The molecule has 0 aliphatic heterocycles. The Labute approximate surface area is 117 Å². The van der Waals surface area contributed by atoms with Crippen molar-refractivity contribution in [1.82, 2.24) is 25.1 Å². The van der Waals surface area contributed by atoms with E-state index in [4.69, 9.17) is 5.73 Å². The molecule has 6 nitrogen and oxygen atoms in total. The van der Waals surface area contributed by atoms with Gasteiger partial charge in [0.05, 0.1) is 11.4 Å². The summed E-state index contributed by atoms with van der Waals surface area (Å²) in [4.78, 5) is 12.8. The normalized spacial score (nSPS) is 10.7. The molecule has 0 bridgehead atoms. The van der Waals surface area contributed by atoms with E-state index >= 15 is 0 Å².